The van der Waals surface area contributed by atoms with Gasteiger partial charge in [0.1, 0.15) is 0 Å². The highest BCUT2D eigenvalue weighted by Crippen LogP contribution is 2.30. The molecule has 0 aliphatic carbocycles. The molecule has 0 heterocycles. The first-order chi connectivity index (χ1) is 9.72. The molecule has 5 nitrogen and oxygen atoms in total. The van der Waals surface area contributed by atoms with Crippen molar-refractivity contribution in [2.45, 2.75) is 32.0 Å². The molecule has 0 fully saturated rings. The third kappa shape index (κ3) is 5.72. The Morgan fingerprint density at radius 2 is 1.81 bits per heavy atom. The van der Waals surface area contributed by atoms with Gasteiger partial charge in [-0.15, -0.1) is 0 Å². The van der Waals surface area contributed by atoms with Crippen LogP contribution in [0.25, 0.3) is 0 Å². The van der Waals surface area contributed by atoms with Crippen LogP contribution >= 0.6 is 0 Å². The van der Waals surface area contributed by atoms with Gasteiger partial charge in [0, 0.05) is 18.2 Å². The minimum atomic E-state index is -4.40. The third-order valence-corrected chi connectivity index (χ3v) is 2.75. The number of carbonyl (C=O) groups excluding carboxylic acids is 1. The van der Waals surface area contributed by atoms with Crippen LogP contribution in [-0.2, 0) is 11.0 Å². The van der Waals surface area contributed by atoms with Crippen LogP contribution in [-0.4, -0.2) is 23.1 Å². The molecule has 0 bridgehead atoms. The maximum absolute atomic E-state index is 12.4. The second-order valence-corrected chi connectivity index (χ2v) is 4.38. The molecular formula is C13H15F3N2O3. The topological polar surface area (TPSA) is 78.4 Å². The monoisotopic (exact) mass is 304 g/mol. The first-order valence-corrected chi connectivity index (χ1v) is 6.19. The van der Waals surface area contributed by atoms with Crippen LogP contribution < -0.4 is 10.6 Å². The van der Waals surface area contributed by atoms with Crippen LogP contribution in [0.2, 0.25) is 0 Å². The Kier molecular flexibility index (Phi) is 5.57. The number of amides is 2. The normalized spacial score (nSPS) is 12.6. The summed E-state index contributed by atoms with van der Waals surface area (Å²) < 4.78 is 37.2. The average Bonchev–Trinajstić information content (AvgIpc) is 2.36. The van der Waals surface area contributed by atoms with Crippen molar-refractivity contribution in [3.05, 3.63) is 29.8 Å². The average molecular weight is 304 g/mol. The van der Waals surface area contributed by atoms with Crippen molar-refractivity contribution in [2.75, 3.05) is 5.32 Å². The van der Waals surface area contributed by atoms with Crippen LogP contribution in [0.15, 0.2) is 24.3 Å². The van der Waals surface area contributed by atoms with Crippen LogP contribution in [0.3, 0.4) is 0 Å². The van der Waals surface area contributed by atoms with Crippen LogP contribution in [0.1, 0.15) is 25.3 Å². The summed E-state index contributed by atoms with van der Waals surface area (Å²) in [5, 5.41) is 13.0. The van der Waals surface area contributed by atoms with Crippen molar-refractivity contribution >= 4 is 17.7 Å². The SMILES string of the molecule is CC[C@H](CC(=O)NC(=O)O)Nc1ccc(C(F)(F)F)cc1. The van der Waals surface area contributed by atoms with Crippen LogP contribution in [0.5, 0.6) is 0 Å². The highest BCUT2D eigenvalue weighted by Gasteiger charge is 2.30. The van der Waals surface area contributed by atoms with E-state index in [9.17, 15) is 22.8 Å². The first-order valence-electron chi connectivity index (χ1n) is 6.19. The zero-order valence-electron chi connectivity index (χ0n) is 11.2. The largest absolute Gasteiger partial charge is 0.465 e. The van der Waals surface area contributed by atoms with Crippen molar-refractivity contribution < 1.29 is 27.9 Å². The number of hydrogen-bond donors (Lipinski definition) is 3. The van der Waals surface area contributed by atoms with Crippen molar-refractivity contribution in [1.82, 2.24) is 5.32 Å². The van der Waals surface area contributed by atoms with E-state index in [-0.39, 0.29) is 12.5 Å². The number of anilines is 1. The molecule has 8 heteroatoms. The van der Waals surface area contributed by atoms with Crippen LogP contribution in [0.4, 0.5) is 23.7 Å². The lowest BCUT2D eigenvalue weighted by molar-refractivity contribution is -0.137. The van der Waals surface area contributed by atoms with E-state index >= 15 is 0 Å². The fraction of sp³-hybridized carbons (Fsp3) is 0.385. The number of alkyl halides is 3. The number of hydrogen-bond acceptors (Lipinski definition) is 3. The van der Waals surface area contributed by atoms with Gasteiger partial charge in [-0.25, -0.2) is 4.79 Å². The first kappa shape index (κ1) is 16.8. The van der Waals surface area contributed by atoms with Crippen molar-refractivity contribution in [2.24, 2.45) is 0 Å². The minimum absolute atomic E-state index is 0.0934. The third-order valence-electron chi connectivity index (χ3n) is 2.75. The predicted molar refractivity (Wildman–Crippen MR) is 69.9 cm³/mol. The lowest BCUT2D eigenvalue weighted by Gasteiger charge is -2.18. The molecule has 0 spiro atoms. The standard InChI is InChI=1S/C13H15F3N2O3/c1-2-9(7-11(19)18-12(20)21)17-10-5-3-8(4-6-10)13(14,15)16/h3-6,9,17H,2,7H2,1H3,(H,18,19)(H,20,21)/t9-/m1/s1. The molecule has 0 aliphatic rings. The Morgan fingerprint density at radius 3 is 2.24 bits per heavy atom. The molecule has 0 radical (unpaired) electrons. The van der Waals surface area contributed by atoms with E-state index in [0.29, 0.717) is 12.1 Å². The van der Waals surface area contributed by atoms with Gasteiger partial charge in [-0.05, 0) is 30.7 Å². The zero-order valence-corrected chi connectivity index (χ0v) is 11.2. The summed E-state index contributed by atoms with van der Waals surface area (Å²) in [5.74, 6) is -0.672. The molecule has 0 aliphatic heterocycles. The molecule has 1 atom stereocenters. The Labute approximate surface area is 119 Å². The van der Waals surface area contributed by atoms with Crippen LogP contribution in [0, 0.1) is 0 Å². The summed E-state index contributed by atoms with van der Waals surface area (Å²) in [7, 11) is 0. The highest BCUT2D eigenvalue weighted by atomic mass is 19.4. The van der Waals surface area contributed by atoms with Gasteiger partial charge in [-0.2, -0.15) is 13.2 Å². The van der Waals surface area contributed by atoms with Gasteiger partial charge in [-0.3, -0.25) is 10.1 Å². The second-order valence-electron chi connectivity index (χ2n) is 4.38. The summed E-state index contributed by atoms with van der Waals surface area (Å²) in [6.07, 6.45) is -5.42. The number of rotatable bonds is 5. The molecule has 0 saturated carbocycles. The quantitative estimate of drug-likeness (QED) is 0.781. The zero-order chi connectivity index (χ0) is 16.0. The van der Waals surface area contributed by atoms with E-state index in [1.165, 1.54) is 12.1 Å². The Bertz CT molecular complexity index is 500. The fourth-order valence-corrected chi connectivity index (χ4v) is 1.68. The van der Waals surface area contributed by atoms with E-state index in [1.807, 2.05) is 0 Å². The van der Waals surface area contributed by atoms with Gasteiger partial charge in [0.25, 0.3) is 0 Å². The molecule has 0 saturated heterocycles. The van der Waals surface area contributed by atoms with E-state index in [4.69, 9.17) is 5.11 Å². The molecule has 21 heavy (non-hydrogen) atoms. The molecule has 1 aromatic rings. The number of carboxylic acid groups (broad SMARTS) is 1. The van der Waals surface area contributed by atoms with Gasteiger partial charge in [0.15, 0.2) is 0 Å². The molecular weight excluding hydrogens is 289 g/mol. The van der Waals surface area contributed by atoms with Crippen molar-refractivity contribution in [3.8, 4) is 0 Å². The number of halogens is 3. The van der Waals surface area contributed by atoms with Gasteiger partial charge < -0.3 is 10.4 Å². The summed E-state index contributed by atoms with van der Waals surface area (Å²) in [6.45, 7) is 1.77. The number of benzene rings is 1. The summed E-state index contributed by atoms with van der Waals surface area (Å²) in [6, 6.07) is 4.03. The van der Waals surface area contributed by atoms with Crippen molar-refractivity contribution in [3.63, 3.8) is 0 Å². The van der Waals surface area contributed by atoms with Gasteiger partial charge in [-0.1, -0.05) is 6.92 Å². The molecule has 3 N–H and O–H groups in total. The second kappa shape index (κ2) is 6.96. The molecule has 0 aromatic heterocycles. The maximum atomic E-state index is 12.4. The maximum Gasteiger partial charge on any atom is 0.416 e. The summed E-state index contributed by atoms with van der Waals surface area (Å²) in [5.41, 5.74) is -0.331. The fourth-order valence-electron chi connectivity index (χ4n) is 1.68. The minimum Gasteiger partial charge on any atom is -0.465 e. The Hall–Kier alpha value is -2.25. The summed E-state index contributed by atoms with van der Waals surface area (Å²) >= 11 is 0. The molecule has 0 unspecified atom stereocenters. The molecule has 116 valence electrons. The van der Waals surface area contributed by atoms with Gasteiger partial charge in [0.2, 0.25) is 5.91 Å². The van der Waals surface area contributed by atoms with E-state index < -0.39 is 23.7 Å². The van der Waals surface area contributed by atoms with E-state index in [1.54, 1.807) is 12.2 Å². The van der Waals surface area contributed by atoms with Crippen molar-refractivity contribution in [1.29, 1.82) is 0 Å². The smallest absolute Gasteiger partial charge is 0.416 e. The number of imide groups is 1. The molecule has 2 amide bonds. The predicted octanol–water partition coefficient (Wildman–Crippen LogP) is 3.08. The summed E-state index contributed by atoms with van der Waals surface area (Å²) in [4.78, 5) is 21.6. The Morgan fingerprint density at radius 1 is 1.24 bits per heavy atom. The Balaban J connectivity index is 2.65. The van der Waals surface area contributed by atoms with E-state index in [0.717, 1.165) is 12.1 Å². The number of nitrogens with one attached hydrogen (secondary N) is 2. The van der Waals surface area contributed by atoms with Gasteiger partial charge in [0.05, 0.1) is 5.56 Å². The lowest BCUT2D eigenvalue weighted by Crippen LogP contribution is -2.33. The lowest BCUT2D eigenvalue weighted by atomic mass is 10.1. The highest BCUT2D eigenvalue weighted by molar-refractivity contribution is 5.91. The van der Waals surface area contributed by atoms with Gasteiger partial charge >= 0.3 is 12.3 Å². The molecule has 1 aromatic carbocycles. The molecule has 1 rings (SSSR count). The number of carbonyl (C=O) groups is 2. The van der Waals surface area contributed by atoms with E-state index in [2.05, 4.69) is 5.32 Å².